The van der Waals surface area contributed by atoms with Crippen molar-refractivity contribution in [3.05, 3.63) is 45.5 Å². The van der Waals surface area contributed by atoms with Crippen LogP contribution in [0.4, 0.5) is 5.82 Å². The van der Waals surface area contributed by atoms with Crippen molar-refractivity contribution in [1.82, 2.24) is 20.3 Å². The van der Waals surface area contributed by atoms with Gasteiger partial charge in [0.1, 0.15) is 0 Å². The first-order valence-corrected chi connectivity index (χ1v) is 7.42. The normalized spacial score (nSPS) is 10.2. The fourth-order valence-corrected chi connectivity index (χ4v) is 2.21. The lowest BCUT2D eigenvalue weighted by Crippen LogP contribution is -2.30. The van der Waals surface area contributed by atoms with Crippen molar-refractivity contribution >= 4 is 58.0 Å². The molecule has 0 atom stereocenters. The highest BCUT2D eigenvalue weighted by Gasteiger charge is 2.07. The van der Waals surface area contributed by atoms with Gasteiger partial charge < -0.3 is 10.6 Å². The summed E-state index contributed by atoms with van der Waals surface area (Å²) < 4.78 is 0. The second-order valence-electron chi connectivity index (χ2n) is 3.88. The Labute approximate surface area is 142 Å². The number of halogens is 3. The van der Waals surface area contributed by atoms with Crippen LogP contribution in [0.25, 0.3) is 0 Å². The van der Waals surface area contributed by atoms with Crippen molar-refractivity contribution in [2.24, 2.45) is 0 Å². The largest absolute Gasteiger partial charge is 0.362 e. The fraction of sp³-hybridized carbons (Fsp3) is 0.167. The van der Waals surface area contributed by atoms with E-state index < -0.39 is 0 Å². The van der Waals surface area contributed by atoms with Gasteiger partial charge in [-0.15, -0.1) is 0 Å². The van der Waals surface area contributed by atoms with Crippen LogP contribution in [0.3, 0.4) is 0 Å². The zero-order valence-corrected chi connectivity index (χ0v) is 13.7. The predicted octanol–water partition coefficient (Wildman–Crippen LogP) is 3.36. The summed E-state index contributed by atoms with van der Waals surface area (Å²) >= 11 is 23.0. The van der Waals surface area contributed by atoms with Crippen molar-refractivity contribution in [3.8, 4) is 0 Å². The minimum Gasteiger partial charge on any atom is -0.362 e. The van der Waals surface area contributed by atoms with E-state index in [1.54, 1.807) is 12.3 Å². The van der Waals surface area contributed by atoms with Gasteiger partial charge in [0, 0.05) is 31.6 Å². The van der Waals surface area contributed by atoms with Crippen LogP contribution >= 0.6 is 47.0 Å². The molecule has 0 aliphatic heterocycles. The molecule has 0 aliphatic carbocycles. The number of hydrogen-bond acceptors (Lipinski definition) is 4. The van der Waals surface area contributed by atoms with E-state index in [2.05, 4.69) is 25.6 Å². The van der Waals surface area contributed by atoms with Gasteiger partial charge in [-0.05, 0) is 18.3 Å². The second kappa shape index (κ2) is 7.70. The van der Waals surface area contributed by atoms with Crippen molar-refractivity contribution < 1.29 is 0 Å². The highest BCUT2D eigenvalue weighted by atomic mass is 35.5. The summed E-state index contributed by atoms with van der Waals surface area (Å²) in [7, 11) is 0. The molecule has 9 heteroatoms. The highest BCUT2D eigenvalue weighted by molar-refractivity contribution is 7.80. The van der Waals surface area contributed by atoms with E-state index in [4.69, 9.17) is 47.0 Å². The molecule has 5 nitrogen and oxygen atoms in total. The van der Waals surface area contributed by atoms with Gasteiger partial charge in [0.05, 0.1) is 15.7 Å². The van der Waals surface area contributed by atoms with Crippen molar-refractivity contribution in [2.75, 3.05) is 11.9 Å². The predicted molar refractivity (Wildman–Crippen MR) is 89.2 cm³/mol. The standard InChI is InChI=1S/C12H10Cl3N5S/c13-7-1-3-16-8(9(7)14)2-4-19-12(21)20-11-10(15)17-5-6-18-11/h1,3,5-6H,2,4H2,(H2,18,19,20,21). The molecule has 0 aromatic carbocycles. The second-order valence-corrected chi connectivity index (χ2v) is 5.43. The summed E-state index contributed by atoms with van der Waals surface area (Å²) in [4.78, 5) is 12.1. The molecule has 0 fully saturated rings. The number of pyridine rings is 1. The van der Waals surface area contributed by atoms with Crippen LogP contribution in [0.2, 0.25) is 15.2 Å². The molecule has 2 aromatic heterocycles. The van der Waals surface area contributed by atoms with E-state index in [-0.39, 0.29) is 5.15 Å². The number of hydrogen-bond donors (Lipinski definition) is 2. The van der Waals surface area contributed by atoms with Gasteiger partial charge in [-0.25, -0.2) is 9.97 Å². The summed E-state index contributed by atoms with van der Waals surface area (Å²) in [6, 6.07) is 1.64. The van der Waals surface area contributed by atoms with Crippen molar-refractivity contribution in [2.45, 2.75) is 6.42 Å². The quantitative estimate of drug-likeness (QED) is 0.813. The van der Waals surface area contributed by atoms with E-state index >= 15 is 0 Å². The minimum absolute atomic E-state index is 0.251. The third-order valence-corrected chi connectivity index (χ3v) is 3.80. The molecular weight excluding hydrogens is 353 g/mol. The van der Waals surface area contributed by atoms with Gasteiger partial charge in [0.15, 0.2) is 16.1 Å². The minimum atomic E-state index is 0.251. The number of nitrogens with one attached hydrogen (secondary N) is 2. The van der Waals surface area contributed by atoms with Gasteiger partial charge >= 0.3 is 0 Å². The summed E-state index contributed by atoms with van der Waals surface area (Å²) in [5, 5.41) is 7.44. The molecule has 0 bridgehead atoms. The molecular formula is C12H10Cl3N5S. The van der Waals surface area contributed by atoms with E-state index in [0.717, 1.165) is 0 Å². The lowest BCUT2D eigenvalue weighted by molar-refractivity contribution is 0.847. The molecule has 110 valence electrons. The van der Waals surface area contributed by atoms with Crippen LogP contribution in [-0.4, -0.2) is 26.6 Å². The van der Waals surface area contributed by atoms with E-state index in [1.807, 2.05) is 0 Å². The zero-order chi connectivity index (χ0) is 15.2. The number of thiocarbonyl (C=S) groups is 1. The first-order chi connectivity index (χ1) is 10.1. The SMILES string of the molecule is S=C(NCCc1nccc(Cl)c1Cl)Nc1nccnc1Cl. The van der Waals surface area contributed by atoms with Crippen LogP contribution in [0, 0.1) is 0 Å². The Hall–Kier alpha value is -1.21. The number of nitrogens with zero attached hydrogens (tertiary/aromatic N) is 3. The van der Waals surface area contributed by atoms with E-state index in [9.17, 15) is 0 Å². The van der Waals surface area contributed by atoms with Crippen LogP contribution in [0.5, 0.6) is 0 Å². The van der Waals surface area contributed by atoms with Gasteiger partial charge in [0.25, 0.3) is 0 Å². The third kappa shape index (κ3) is 4.64. The average molecular weight is 363 g/mol. The topological polar surface area (TPSA) is 62.7 Å². The third-order valence-electron chi connectivity index (χ3n) is 2.45. The maximum Gasteiger partial charge on any atom is 0.172 e. The molecule has 0 amide bonds. The Bertz CT molecular complexity index is 653. The Morgan fingerprint density at radius 3 is 2.62 bits per heavy atom. The van der Waals surface area contributed by atoms with Crippen molar-refractivity contribution in [1.29, 1.82) is 0 Å². The van der Waals surface area contributed by atoms with Crippen LogP contribution in [0.1, 0.15) is 5.69 Å². The molecule has 2 aromatic rings. The maximum absolute atomic E-state index is 6.05. The van der Waals surface area contributed by atoms with Gasteiger partial charge in [-0.2, -0.15) is 0 Å². The van der Waals surface area contributed by atoms with E-state index in [1.165, 1.54) is 12.4 Å². The average Bonchev–Trinajstić information content (AvgIpc) is 2.46. The summed E-state index contributed by atoms with van der Waals surface area (Å²) in [6.07, 6.45) is 5.21. The molecule has 0 aliphatic rings. The van der Waals surface area contributed by atoms with E-state index in [0.29, 0.717) is 39.6 Å². The number of rotatable bonds is 4. The van der Waals surface area contributed by atoms with Crippen molar-refractivity contribution in [3.63, 3.8) is 0 Å². The summed E-state index contributed by atoms with van der Waals surface area (Å²) in [5.41, 5.74) is 0.706. The Balaban J connectivity index is 1.85. The molecule has 0 spiro atoms. The fourth-order valence-electron chi connectivity index (χ4n) is 1.49. The molecule has 2 heterocycles. The molecule has 0 saturated carbocycles. The molecule has 0 saturated heterocycles. The lowest BCUT2D eigenvalue weighted by Gasteiger charge is -2.10. The Morgan fingerprint density at radius 2 is 1.86 bits per heavy atom. The molecule has 0 radical (unpaired) electrons. The molecule has 21 heavy (non-hydrogen) atoms. The van der Waals surface area contributed by atoms with Crippen LogP contribution in [0.15, 0.2) is 24.7 Å². The zero-order valence-electron chi connectivity index (χ0n) is 10.6. The number of anilines is 1. The Morgan fingerprint density at radius 1 is 1.10 bits per heavy atom. The Kier molecular flexibility index (Phi) is 5.93. The maximum atomic E-state index is 6.05. The summed E-state index contributed by atoms with van der Waals surface area (Å²) in [6.45, 7) is 0.538. The molecule has 0 unspecified atom stereocenters. The van der Waals surface area contributed by atoms with Gasteiger partial charge in [-0.3, -0.25) is 4.98 Å². The van der Waals surface area contributed by atoms with Crippen LogP contribution in [-0.2, 0) is 6.42 Å². The van der Waals surface area contributed by atoms with Crippen LogP contribution < -0.4 is 10.6 Å². The summed E-state index contributed by atoms with van der Waals surface area (Å²) in [5.74, 6) is 0.399. The first-order valence-electron chi connectivity index (χ1n) is 5.88. The van der Waals surface area contributed by atoms with Gasteiger partial charge in [0.2, 0.25) is 0 Å². The number of aromatic nitrogens is 3. The monoisotopic (exact) mass is 361 g/mol. The lowest BCUT2D eigenvalue weighted by atomic mass is 10.2. The van der Waals surface area contributed by atoms with Gasteiger partial charge in [-0.1, -0.05) is 34.8 Å². The first kappa shape index (κ1) is 16.2. The highest BCUT2D eigenvalue weighted by Crippen LogP contribution is 2.23. The smallest absolute Gasteiger partial charge is 0.172 e. The molecule has 2 N–H and O–H groups in total. The molecule has 2 rings (SSSR count).